The van der Waals surface area contributed by atoms with Gasteiger partial charge in [0.25, 0.3) is 0 Å². The summed E-state index contributed by atoms with van der Waals surface area (Å²) in [5.74, 6) is 0.601. The monoisotopic (exact) mass is 287 g/mol. The summed E-state index contributed by atoms with van der Waals surface area (Å²) in [6.45, 7) is 4.16. The molecule has 0 spiro atoms. The fourth-order valence-electron chi connectivity index (χ4n) is 2.34. The zero-order chi connectivity index (χ0) is 14.9. The molecule has 5 heteroatoms. The molecular weight excluding hydrogens is 267 g/mol. The Balaban J connectivity index is 2.34. The Kier molecular flexibility index (Phi) is 4.28. The van der Waals surface area contributed by atoms with Gasteiger partial charge in [0.15, 0.2) is 0 Å². The van der Waals surface area contributed by atoms with E-state index >= 15 is 0 Å². The van der Waals surface area contributed by atoms with Crippen LogP contribution >= 0.6 is 0 Å². The third kappa shape index (κ3) is 3.45. The highest BCUT2D eigenvalue weighted by atomic mass is 19.4. The van der Waals surface area contributed by atoms with E-state index in [-0.39, 0.29) is 11.6 Å². The Bertz CT molecular complexity index is 467. The van der Waals surface area contributed by atoms with Crippen molar-refractivity contribution in [3.63, 3.8) is 0 Å². The Morgan fingerprint density at radius 3 is 2.40 bits per heavy atom. The lowest BCUT2D eigenvalue weighted by atomic mass is 10.1. The van der Waals surface area contributed by atoms with Crippen molar-refractivity contribution in [1.29, 1.82) is 0 Å². The van der Waals surface area contributed by atoms with Crippen molar-refractivity contribution >= 4 is 5.69 Å². The molecule has 0 unspecified atom stereocenters. The van der Waals surface area contributed by atoms with Crippen LogP contribution in [0.3, 0.4) is 0 Å². The number of aliphatic hydroxyl groups is 1. The smallest absolute Gasteiger partial charge is 0.392 e. The third-order valence-electron chi connectivity index (χ3n) is 3.68. The molecule has 2 rings (SSSR count). The van der Waals surface area contributed by atoms with Crippen molar-refractivity contribution < 1.29 is 18.3 Å². The first-order chi connectivity index (χ1) is 9.32. The number of aliphatic hydroxyl groups excluding tert-OH is 1. The molecule has 1 fully saturated rings. The lowest BCUT2D eigenvalue weighted by Crippen LogP contribution is -2.33. The molecular formula is C15H20F3NO. The van der Waals surface area contributed by atoms with Gasteiger partial charge in [-0.05, 0) is 50.3 Å². The number of halogens is 3. The zero-order valence-corrected chi connectivity index (χ0v) is 11.7. The highest BCUT2D eigenvalue weighted by molar-refractivity contribution is 5.52. The van der Waals surface area contributed by atoms with Gasteiger partial charge >= 0.3 is 6.18 Å². The van der Waals surface area contributed by atoms with Crippen LogP contribution in [0.4, 0.5) is 18.9 Å². The third-order valence-corrected chi connectivity index (χ3v) is 3.68. The van der Waals surface area contributed by atoms with E-state index in [4.69, 9.17) is 5.11 Å². The van der Waals surface area contributed by atoms with Gasteiger partial charge in [-0.1, -0.05) is 6.07 Å². The molecule has 1 aromatic carbocycles. The molecule has 1 N–H and O–H groups in total. The maximum Gasteiger partial charge on any atom is 0.416 e. The summed E-state index contributed by atoms with van der Waals surface area (Å²) in [6.07, 6.45) is -2.12. The summed E-state index contributed by atoms with van der Waals surface area (Å²) in [7, 11) is 0. The number of nitrogens with zero attached hydrogens (tertiary/aromatic N) is 1. The van der Waals surface area contributed by atoms with Crippen LogP contribution < -0.4 is 4.90 Å². The van der Waals surface area contributed by atoms with Crippen LogP contribution in [-0.2, 0) is 12.8 Å². The Hall–Kier alpha value is -1.23. The lowest BCUT2D eigenvalue weighted by Gasteiger charge is -2.30. The second-order valence-corrected chi connectivity index (χ2v) is 5.69. The van der Waals surface area contributed by atoms with E-state index in [0.29, 0.717) is 11.6 Å². The van der Waals surface area contributed by atoms with Crippen LogP contribution in [0.1, 0.15) is 37.8 Å². The minimum atomic E-state index is -4.43. The molecule has 0 atom stereocenters. The van der Waals surface area contributed by atoms with Gasteiger partial charge in [0.2, 0.25) is 0 Å². The summed E-state index contributed by atoms with van der Waals surface area (Å²) in [6, 6.07) is 4.36. The van der Waals surface area contributed by atoms with Gasteiger partial charge < -0.3 is 10.0 Å². The van der Waals surface area contributed by atoms with Gasteiger partial charge in [-0.2, -0.15) is 13.2 Å². The largest absolute Gasteiger partial charge is 0.416 e. The molecule has 20 heavy (non-hydrogen) atoms. The van der Waals surface area contributed by atoms with E-state index < -0.39 is 18.3 Å². The molecule has 0 amide bonds. The Morgan fingerprint density at radius 2 is 1.95 bits per heavy atom. The summed E-state index contributed by atoms with van der Waals surface area (Å²) < 4.78 is 39.1. The van der Waals surface area contributed by atoms with Crippen LogP contribution in [0.15, 0.2) is 18.2 Å². The van der Waals surface area contributed by atoms with Gasteiger partial charge in [-0.15, -0.1) is 0 Å². The maximum atomic E-state index is 13.0. The highest BCUT2D eigenvalue weighted by Crippen LogP contribution is 2.37. The van der Waals surface area contributed by atoms with Crippen LogP contribution in [-0.4, -0.2) is 17.7 Å². The number of hydrogen-bond donors (Lipinski definition) is 1. The number of benzene rings is 1. The average molecular weight is 287 g/mol. The fourth-order valence-corrected chi connectivity index (χ4v) is 2.34. The second-order valence-electron chi connectivity index (χ2n) is 5.69. The first-order valence-electron chi connectivity index (χ1n) is 6.90. The molecule has 0 radical (unpaired) electrons. The van der Waals surface area contributed by atoms with E-state index in [0.717, 1.165) is 25.5 Å². The van der Waals surface area contributed by atoms with Gasteiger partial charge in [-0.25, -0.2) is 0 Å². The van der Waals surface area contributed by atoms with Crippen molar-refractivity contribution in [2.45, 2.75) is 45.5 Å². The topological polar surface area (TPSA) is 23.5 Å². The Labute approximate surface area is 117 Å². The van der Waals surface area contributed by atoms with Crippen molar-refractivity contribution in [2.75, 3.05) is 11.4 Å². The fraction of sp³-hybridized carbons (Fsp3) is 0.600. The van der Waals surface area contributed by atoms with E-state index in [1.54, 1.807) is 6.07 Å². The molecule has 0 aromatic heterocycles. The molecule has 1 aliphatic rings. The molecule has 1 aliphatic carbocycles. The van der Waals surface area contributed by atoms with Crippen molar-refractivity contribution in [1.82, 2.24) is 0 Å². The summed E-state index contributed by atoms with van der Waals surface area (Å²) in [5, 5.41) is 9.06. The summed E-state index contributed by atoms with van der Waals surface area (Å²) >= 11 is 0. The van der Waals surface area contributed by atoms with Crippen LogP contribution in [0.5, 0.6) is 0 Å². The standard InChI is InChI=1S/C15H20F3NO/c1-10(2)19(8-11-3-4-11)13-6-5-12(9-20)14(7-13)15(16,17)18/h5-7,10-11,20H,3-4,8-9H2,1-2H3. The van der Waals surface area contributed by atoms with Crippen LogP contribution in [0, 0.1) is 5.92 Å². The zero-order valence-electron chi connectivity index (χ0n) is 11.7. The van der Waals surface area contributed by atoms with E-state index in [2.05, 4.69) is 0 Å². The first kappa shape index (κ1) is 15.2. The van der Waals surface area contributed by atoms with Gasteiger partial charge in [0, 0.05) is 18.3 Å². The summed E-state index contributed by atoms with van der Waals surface area (Å²) in [5.41, 5.74) is -0.230. The molecule has 1 saturated carbocycles. The molecule has 0 bridgehead atoms. The van der Waals surface area contributed by atoms with Gasteiger partial charge in [-0.3, -0.25) is 0 Å². The van der Waals surface area contributed by atoms with E-state index in [9.17, 15) is 13.2 Å². The van der Waals surface area contributed by atoms with E-state index in [1.165, 1.54) is 6.07 Å². The molecule has 112 valence electrons. The normalized spacial score (nSPS) is 15.8. The first-order valence-corrected chi connectivity index (χ1v) is 6.90. The van der Waals surface area contributed by atoms with Crippen molar-refractivity contribution in [3.8, 4) is 0 Å². The summed E-state index contributed by atoms with van der Waals surface area (Å²) in [4.78, 5) is 2.01. The maximum absolute atomic E-state index is 13.0. The van der Waals surface area contributed by atoms with Gasteiger partial charge in [0.1, 0.15) is 0 Å². The van der Waals surface area contributed by atoms with Crippen LogP contribution in [0.2, 0.25) is 0 Å². The lowest BCUT2D eigenvalue weighted by molar-refractivity contribution is -0.138. The average Bonchev–Trinajstić information content (AvgIpc) is 3.17. The number of rotatable bonds is 5. The predicted octanol–water partition coefficient (Wildman–Crippen LogP) is 3.82. The van der Waals surface area contributed by atoms with Crippen molar-refractivity contribution in [3.05, 3.63) is 29.3 Å². The molecule has 0 aliphatic heterocycles. The number of alkyl halides is 3. The quantitative estimate of drug-likeness (QED) is 0.890. The van der Waals surface area contributed by atoms with Gasteiger partial charge in [0.05, 0.1) is 12.2 Å². The number of hydrogen-bond acceptors (Lipinski definition) is 2. The second kappa shape index (κ2) is 5.64. The molecule has 0 saturated heterocycles. The van der Waals surface area contributed by atoms with Crippen molar-refractivity contribution in [2.24, 2.45) is 5.92 Å². The molecule has 2 nitrogen and oxygen atoms in total. The van der Waals surface area contributed by atoms with Crippen LogP contribution in [0.25, 0.3) is 0 Å². The molecule has 1 aromatic rings. The minimum absolute atomic E-state index is 0.0728. The minimum Gasteiger partial charge on any atom is -0.392 e. The Morgan fingerprint density at radius 1 is 1.30 bits per heavy atom. The SMILES string of the molecule is CC(C)N(CC1CC1)c1ccc(CO)c(C(F)(F)F)c1. The highest BCUT2D eigenvalue weighted by Gasteiger charge is 2.34. The molecule has 0 heterocycles. The predicted molar refractivity (Wildman–Crippen MR) is 72.6 cm³/mol. The number of anilines is 1. The van der Waals surface area contributed by atoms with E-state index in [1.807, 2.05) is 18.7 Å².